The first-order valence-corrected chi connectivity index (χ1v) is 6.40. The molecule has 3 nitrogen and oxygen atoms in total. The Labute approximate surface area is 112 Å². The smallest absolute Gasteiger partial charge is 0.230 e. The highest BCUT2D eigenvalue weighted by Crippen LogP contribution is 2.11. The van der Waals surface area contributed by atoms with Gasteiger partial charge in [0.1, 0.15) is 11.7 Å². The Balaban J connectivity index is 1.90. The fraction of sp³-hybridized carbons (Fsp3) is 0.125. The summed E-state index contributed by atoms with van der Waals surface area (Å²) in [6.07, 6.45) is 3.89. The molecule has 19 heavy (non-hydrogen) atoms. The molecule has 0 saturated carbocycles. The molecule has 2 aromatic carbocycles. The lowest BCUT2D eigenvalue weighted by Crippen LogP contribution is -2.36. The van der Waals surface area contributed by atoms with Gasteiger partial charge in [-0.3, -0.25) is 0 Å². The molecule has 0 saturated heterocycles. The normalized spacial score (nSPS) is 12.3. The summed E-state index contributed by atoms with van der Waals surface area (Å²) in [7, 11) is 0. The topological polar surface area (TPSA) is 21.7 Å². The molecule has 3 aromatic rings. The van der Waals surface area contributed by atoms with E-state index in [-0.39, 0.29) is 6.04 Å². The maximum atomic E-state index is 4.41. The molecule has 1 heterocycles. The van der Waals surface area contributed by atoms with Gasteiger partial charge in [0, 0.05) is 5.10 Å². The maximum absolute atomic E-state index is 4.41. The van der Waals surface area contributed by atoms with Crippen LogP contribution in [0.2, 0.25) is 0 Å². The van der Waals surface area contributed by atoms with E-state index >= 15 is 0 Å². The number of rotatable bonds is 3. The molecule has 0 radical (unpaired) electrons. The molecule has 0 spiro atoms. The molecule has 0 aliphatic heterocycles. The molecular formula is C16H16N3+. The van der Waals surface area contributed by atoms with E-state index in [0.717, 1.165) is 5.69 Å². The Bertz CT molecular complexity index is 644. The van der Waals surface area contributed by atoms with Crippen LogP contribution in [0.3, 0.4) is 0 Å². The van der Waals surface area contributed by atoms with E-state index in [1.54, 1.807) is 0 Å². The first kappa shape index (κ1) is 11.7. The Morgan fingerprint density at radius 3 is 2.26 bits per heavy atom. The van der Waals surface area contributed by atoms with Crippen molar-refractivity contribution in [3.63, 3.8) is 0 Å². The fourth-order valence-corrected chi connectivity index (χ4v) is 2.12. The molecule has 1 atom stereocenters. The van der Waals surface area contributed by atoms with Gasteiger partial charge in [-0.15, -0.1) is 0 Å². The summed E-state index contributed by atoms with van der Waals surface area (Å²) in [4.78, 5) is 0. The van der Waals surface area contributed by atoms with E-state index in [0.29, 0.717) is 0 Å². The quantitative estimate of drug-likeness (QED) is 0.655. The average Bonchev–Trinajstić information content (AvgIpc) is 2.98. The van der Waals surface area contributed by atoms with Crippen LogP contribution in [-0.4, -0.2) is 9.78 Å². The number of benzene rings is 2. The zero-order valence-electron chi connectivity index (χ0n) is 10.8. The van der Waals surface area contributed by atoms with Crippen LogP contribution in [0, 0.1) is 0 Å². The summed E-state index contributed by atoms with van der Waals surface area (Å²) in [6, 6.07) is 20.8. The van der Waals surface area contributed by atoms with E-state index < -0.39 is 0 Å². The first-order valence-electron chi connectivity index (χ1n) is 6.40. The average molecular weight is 250 g/mol. The van der Waals surface area contributed by atoms with E-state index in [9.17, 15) is 0 Å². The van der Waals surface area contributed by atoms with Crippen molar-refractivity contribution < 1.29 is 4.57 Å². The zero-order valence-corrected chi connectivity index (χ0v) is 10.8. The van der Waals surface area contributed by atoms with Gasteiger partial charge in [0.05, 0.1) is 0 Å². The molecule has 0 N–H and O–H groups in total. The van der Waals surface area contributed by atoms with Gasteiger partial charge in [-0.05, 0) is 24.6 Å². The Morgan fingerprint density at radius 2 is 1.58 bits per heavy atom. The van der Waals surface area contributed by atoms with Crippen molar-refractivity contribution in [2.24, 2.45) is 0 Å². The minimum absolute atomic E-state index is 0.277. The summed E-state index contributed by atoms with van der Waals surface area (Å²) in [5, 5.41) is 4.41. The van der Waals surface area contributed by atoms with Crippen molar-refractivity contribution >= 4 is 0 Å². The molecule has 0 aliphatic carbocycles. The molecule has 3 heteroatoms. The minimum atomic E-state index is 0.277. The van der Waals surface area contributed by atoms with Gasteiger partial charge < -0.3 is 0 Å². The third kappa shape index (κ3) is 2.40. The third-order valence-electron chi connectivity index (χ3n) is 3.30. The Hall–Kier alpha value is -2.42. The molecule has 1 aromatic heterocycles. The lowest BCUT2D eigenvalue weighted by atomic mass is 10.1. The number of aromatic nitrogens is 3. The second-order valence-electron chi connectivity index (χ2n) is 4.56. The second-order valence-corrected chi connectivity index (χ2v) is 4.56. The van der Waals surface area contributed by atoms with E-state index in [4.69, 9.17) is 0 Å². The molecule has 0 bridgehead atoms. The van der Waals surface area contributed by atoms with Crippen LogP contribution in [0.5, 0.6) is 0 Å². The first-order chi connectivity index (χ1) is 9.34. The van der Waals surface area contributed by atoms with E-state index in [1.807, 2.05) is 53.7 Å². The minimum Gasteiger partial charge on any atom is -0.230 e. The van der Waals surface area contributed by atoms with Crippen molar-refractivity contribution in [3.05, 3.63) is 78.9 Å². The highest BCUT2D eigenvalue weighted by Gasteiger charge is 2.14. The van der Waals surface area contributed by atoms with Gasteiger partial charge in [-0.25, -0.2) is 4.57 Å². The summed E-state index contributed by atoms with van der Waals surface area (Å²) >= 11 is 0. The van der Waals surface area contributed by atoms with Crippen LogP contribution in [0.25, 0.3) is 5.69 Å². The lowest BCUT2D eigenvalue weighted by molar-refractivity contribution is -0.710. The predicted octanol–water partition coefficient (Wildman–Crippen LogP) is 2.77. The summed E-state index contributed by atoms with van der Waals surface area (Å²) in [5.41, 5.74) is 2.35. The monoisotopic (exact) mass is 250 g/mol. The van der Waals surface area contributed by atoms with E-state index in [2.05, 4.69) is 40.9 Å². The number of nitrogens with zero attached hydrogens (tertiary/aromatic N) is 3. The standard InChI is InChI=1S/C16H16N3/c1-14(15-8-4-2-5-9-15)18-12-17-19(13-18)16-10-6-3-7-11-16/h2-14H,1H3/q+1/t14-/m1/s1. The van der Waals surface area contributed by atoms with Gasteiger partial charge in [0.25, 0.3) is 6.33 Å². The molecule has 0 unspecified atom stereocenters. The van der Waals surface area contributed by atoms with Crippen molar-refractivity contribution in [1.82, 2.24) is 9.78 Å². The number of hydrogen-bond acceptors (Lipinski definition) is 1. The Kier molecular flexibility index (Phi) is 3.11. The van der Waals surface area contributed by atoms with Crippen molar-refractivity contribution in [2.75, 3.05) is 0 Å². The zero-order chi connectivity index (χ0) is 13.1. The summed E-state index contributed by atoms with van der Waals surface area (Å²) in [5.74, 6) is 0. The van der Waals surface area contributed by atoms with Gasteiger partial charge >= 0.3 is 0 Å². The number of hydrogen-bond donors (Lipinski definition) is 0. The van der Waals surface area contributed by atoms with Crippen LogP contribution < -0.4 is 4.57 Å². The van der Waals surface area contributed by atoms with Crippen molar-refractivity contribution in [2.45, 2.75) is 13.0 Å². The molecule has 0 fully saturated rings. The molecule has 3 rings (SSSR count). The summed E-state index contributed by atoms with van der Waals surface area (Å²) < 4.78 is 4.00. The van der Waals surface area contributed by atoms with E-state index in [1.165, 1.54) is 5.56 Å². The van der Waals surface area contributed by atoms with Gasteiger partial charge in [-0.2, -0.15) is 0 Å². The van der Waals surface area contributed by atoms with Crippen LogP contribution >= 0.6 is 0 Å². The lowest BCUT2D eigenvalue weighted by Gasteiger charge is -2.07. The van der Waals surface area contributed by atoms with Crippen LogP contribution in [-0.2, 0) is 0 Å². The molecule has 94 valence electrons. The fourth-order valence-electron chi connectivity index (χ4n) is 2.12. The SMILES string of the molecule is C[C@H](c1ccccc1)[n+]1cnn(-c2ccccc2)c1. The second kappa shape index (κ2) is 5.06. The van der Waals surface area contributed by atoms with Gasteiger partial charge in [0.2, 0.25) is 6.33 Å². The number of para-hydroxylation sites is 1. The van der Waals surface area contributed by atoms with Crippen molar-refractivity contribution in [3.8, 4) is 5.69 Å². The predicted molar refractivity (Wildman–Crippen MR) is 74.0 cm³/mol. The third-order valence-corrected chi connectivity index (χ3v) is 3.30. The van der Waals surface area contributed by atoms with Gasteiger partial charge in [0.15, 0.2) is 0 Å². The molecule has 0 aliphatic rings. The van der Waals surface area contributed by atoms with Crippen LogP contribution in [0.4, 0.5) is 0 Å². The highest BCUT2D eigenvalue weighted by atomic mass is 15.4. The van der Waals surface area contributed by atoms with Crippen molar-refractivity contribution in [1.29, 1.82) is 0 Å². The van der Waals surface area contributed by atoms with Crippen LogP contribution in [0.1, 0.15) is 18.5 Å². The molecule has 0 amide bonds. The Morgan fingerprint density at radius 1 is 0.947 bits per heavy atom. The highest BCUT2D eigenvalue weighted by molar-refractivity contribution is 5.28. The summed E-state index contributed by atoms with van der Waals surface area (Å²) in [6.45, 7) is 2.17. The largest absolute Gasteiger partial charge is 0.266 e. The van der Waals surface area contributed by atoms with Gasteiger partial charge in [-0.1, -0.05) is 53.2 Å². The maximum Gasteiger partial charge on any atom is 0.266 e. The molecular weight excluding hydrogens is 234 g/mol. The van der Waals surface area contributed by atoms with Crippen LogP contribution in [0.15, 0.2) is 73.3 Å².